The van der Waals surface area contributed by atoms with Crippen LogP contribution in [0.5, 0.6) is 0 Å². The van der Waals surface area contributed by atoms with Crippen molar-refractivity contribution in [3.8, 4) is 0 Å². The minimum atomic E-state index is -1.08. The highest BCUT2D eigenvalue weighted by molar-refractivity contribution is 7.80. The maximum atomic E-state index is 9.64. The minimum Gasteiger partial charge on any atom is -0.481 e. The molecule has 0 amide bonds. The summed E-state index contributed by atoms with van der Waals surface area (Å²) in [6.45, 7) is 0. The fourth-order valence-corrected chi connectivity index (χ4v) is 0.501. The van der Waals surface area contributed by atoms with E-state index in [9.17, 15) is 14.4 Å². The monoisotopic (exact) mass is 224 g/mol. The Morgan fingerprint density at radius 3 is 1.14 bits per heavy atom. The molecule has 0 radical (unpaired) electrons. The van der Waals surface area contributed by atoms with Crippen molar-refractivity contribution in [3.63, 3.8) is 0 Å². The molecule has 0 atom stereocenters. The zero-order valence-corrected chi connectivity index (χ0v) is 8.24. The number of hydrogen-bond acceptors (Lipinski definition) is 4. The number of aliphatic carboxylic acids is 3. The van der Waals surface area contributed by atoms with E-state index in [1.807, 2.05) is 0 Å². The van der Waals surface area contributed by atoms with E-state index in [1.54, 1.807) is 0 Å². The van der Waals surface area contributed by atoms with Gasteiger partial charge in [-0.05, 0) is 0 Å². The highest BCUT2D eigenvalue weighted by Gasteiger charge is 2.00. The number of carboxylic acid groups (broad SMARTS) is 3. The number of carbonyl (C=O) groups is 3. The van der Waals surface area contributed by atoms with Crippen molar-refractivity contribution in [1.29, 1.82) is 0 Å². The normalized spacial score (nSPS) is 8.36. The zero-order valence-electron chi connectivity index (χ0n) is 7.34. The Morgan fingerprint density at radius 1 is 0.786 bits per heavy atom. The average molecular weight is 224 g/mol. The van der Waals surface area contributed by atoms with Crippen LogP contribution in [0.15, 0.2) is 0 Å². The Balaban J connectivity index is 0. The molecule has 0 aromatic rings. The Labute approximate surface area is 86.0 Å². The molecule has 0 fully saturated rings. The van der Waals surface area contributed by atoms with Crippen LogP contribution < -0.4 is 0 Å². The lowest BCUT2D eigenvalue weighted by molar-refractivity contribution is -0.143. The first-order valence-corrected chi connectivity index (χ1v) is 4.29. The van der Waals surface area contributed by atoms with Gasteiger partial charge in [0.05, 0.1) is 19.3 Å². The van der Waals surface area contributed by atoms with Gasteiger partial charge in [0.15, 0.2) is 0 Å². The molecule has 82 valence electrons. The van der Waals surface area contributed by atoms with Crippen LogP contribution in [0.25, 0.3) is 0 Å². The van der Waals surface area contributed by atoms with Crippen LogP contribution in [0.1, 0.15) is 19.3 Å². The molecule has 0 saturated carbocycles. The van der Waals surface area contributed by atoms with Crippen LogP contribution in [-0.4, -0.2) is 39.0 Å². The van der Waals surface area contributed by atoms with E-state index in [1.165, 1.54) is 0 Å². The summed E-state index contributed by atoms with van der Waals surface area (Å²) in [5, 5.41) is 23.7. The molecule has 0 unspecified atom stereocenters. The second-order valence-electron chi connectivity index (χ2n) is 2.15. The Hall–Kier alpha value is -1.24. The first-order chi connectivity index (χ1) is 6.40. The van der Waals surface area contributed by atoms with Gasteiger partial charge in [0, 0.05) is 5.75 Å². The molecule has 0 bridgehead atoms. The molecule has 14 heavy (non-hydrogen) atoms. The lowest BCUT2D eigenvalue weighted by Crippen LogP contribution is -2.00. The van der Waals surface area contributed by atoms with Crippen LogP contribution in [0.4, 0.5) is 0 Å². The number of carboxylic acids is 3. The number of rotatable bonds is 5. The highest BCUT2D eigenvalue weighted by Crippen LogP contribution is 1.86. The first-order valence-electron chi connectivity index (χ1n) is 3.66. The van der Waals surface area contributed by atoms with Crippen molar-refractivity contribution in [3.05, 3.63) is 0 Å². The van der Waals surface area contributed by atoms with Crippen LogP contribution in [-0.2, 0) is 14.4 Å². The summed E-state index contributed by atoms with van der Waals surface area (Å²) in [4.78, 5) is 28.8. The molecule has 0 aliphatic rings. The van der Waals surface area contributed by atoms with Gasteiger partial charge in [0.2, 0.25) is 0 Å². The highest BCUT2D eigenvalue weighted by atomic mass is 32.1. The average Bonchev–Trinajstić information content (AvgIpc) is 2.01. The van der Waals surface area contributed by atoms with E-state index in [-0.39, 0.29) is 19.3 Å². The van der Waals surface area contributed by atoms with E-state index in [0.717, 1.165) is 0 Å². The summed E-state index contributed by atoms with van der Waals surface area (Å²) in [7, 11) is 0. The number of thiol groups is 1. The second kappa shape index (κ2) is 9.85. The maximum Gasteiger partial charge on any atom is 0.304 e. The van der Waals surface area contributed by atoms with E-state index < -0.39 is 17.9 Å². The van der Waals surface area contributed by atoms with Gasteiger partial charge in [-0.3, -0.25) is 14.4 Å². The van der Waals surface area contributed by atoms with Crippen molar-refractivity contribution in [1.82, 2.24) is 0 Å². The number of hydrogen-bond donors (Lipinski definition) is 4. The smallest absolute Gasteiger partial charge is 0.304 e. The van der Waals surface area contributed by atoms with Crippen molar-refractivity contribution < 1.29 is 29.7 Å². The third-order valence-electron chi connectivity index (χ3n) is 0.878. The molecule has 7 heteroatoms. The predicted molar refractivity (Wildman–Crippen MR) is 50.6 cm³/mol. The molecule has 0 rings (SSSR count). The summed E-state index contributed by atoms with van der Waals surface area (Å²) in [5.74, 6) is -2.51. The van der Waals surface area contributed by atoms with Crippen LogP contribution >= 0.6 is 12.6 Å². The molecule has 0 aromatic carbocycles. The van der Waals surface area contributed by atoms with Crippen molar-refractivity contribution >= 4 is 30.5 Å². The van der Waals surface area contributed by atoms with Crippen molar-refractivity contribution in [2.75, 3.05) is 5.75 Å². The molecule has 6 nitrogen and oxygen atoms in total. The Kier molecular flexibility index (Phi) is 10.7. The molecule has 0 aliphatic heterocycles. The molecular weight excluding hydrogens is 212 g/mol. The van der Waals surface area contributed by atoms with E-state index >= 15 is 0 Å². The van der Waals surface area contributed by atoms with Crippen molar-refractivity contribution in [2.24, 2.45) is 0 Å². The molecule has 0 heterocycles. The summed E-state index contributed by atoms with van der Waals surface area (Å²) < 4.78 is 0. The molecular formula is C7H12O6S. The van der Waals surface area contributed by atoms with Gasteiger partial charge < -0.3 is 15.3 Å². The SMILES string of the molecule is O=C(O)CCC(=O)O.O=C(O)CCS. The molecule has 0 aliphatic carbocycles. The maximum absolute atomic E-state index is 9.64. The fourth-order valence-electron chi connectivity index (χ4n) is 0.310. The van der Waals surface area contributed by atoms with E-state index in [0.29, 0.717) is 5.75 Å². The Bertz CT molecular complexity index is 188. The standard InChI is InChI=1S/C4H6O4.C3H6O2S/c5-3(6)1-2-4(7)8;4-3(5)1-2-6/h1-2H2,(H,5,6)(H,7,8);6H,1-2H2,(H,4,5). The molecule has 0 aromatic heterocycles. The largest absolute Gasteiger partial charge is 0.481 e. The summed E-state index contributed by atoms with van der Waals surface area (Å²) in [6.07, 6.45) is -0.437. The lowest BCUT2D eigenvalue weighted by atomic mass is 10.3. The van der Waals surface area contributed by atoms with Gasteiger partial charge in [-0.25, -0.2) is 0 Å². The molecule has 0 spiro atoms. The fraction of sp³-hybridized carbons (Fsp3) is 0.571. The third-order valence-corrected chi connectivity index (χ3v) is 1.10. The summed E-state index contributed by atoms with van der Waals surface area (Å²) in [5.41, 5.74) is 0. The second-order valence-corrected chi connectivity index (χ2v) is 2.60. The lowest BCUT2D eigenvalue weighted by Gasteiger charge is -1.85. The van der Waals surface area contributed by atoms with Gasteiger partial charge in [0.1, 0.15) is 0 Å². The minimum absolute atomic E-state index is 0.156. The summed E-state index contributed by atoms with van der Waals surface area (Å²) >= 11 is 3.68. The van der Waals surface area contributed by atoms with Crippen LogP contribution in [0.2, 0.25) is 0 Å². The van der Waals surface area contributed by atoms with E-state index in [4.69, 9.17) is 15.3 Å². The van der Waals surface area contributed by atoms with E-state index in [2.05, 4.69) is 12.6 Å². The topological polar surface area (TPSA) is 112 Å². The molecule has 0 saturated heterocycles. The van der Waals surface area contributed by atoms with Gasteiger partial charge in [-0.1, -0.05) is 0 Å². The van der Waals surface area contributed by atoms with Crippen molar-refractivity contribution in [2.45, 2.75) is 19.3 Å². The zero-order chi connectivity index (χ0) is 11.6. The summed E-state index contributed by atoms with van der Waals surface area (Å²) in [6, 6.07) is 0. The van der Waals surface area contributed by atoms with Gasteiger partial charge in [-0.2, -0.15) is 12.6 Å². The molecule has 3 N–H and O–H groups in total. The van der Waals surface area contributed by atoms with Crippen LogP contribution in [0.3, 0.4) is 0 Å². The van der Waals surface area contributed by atoms with Gasteiger partial charge in [-0.15, -0.1) is 0 Å². The van der Waals surface area contributed by atoms with Crippen LogP contribution in [0, 0.1) is 0 Å². The third kappa shape index (κ3) is 22.4. The predicted octanol–water partition coefficient (Wildman–Crippen LogP) is 0.327. The Morgan fingerprint density at radius 2 is 1.07 bits per heavy atom. The van der Waals surface area contributed by atoms with Gasteiger partial charge in [0.25, 0.3) is 0 Å². The quantitative estimate of drug-likeness (QED) is 0.500. The first kappa shape index (κ1) is 15.2. The van der Waals surface area contributed by atoms with Gasteiger partial charge >= 0.3 is 17.9 Å².